The lowest BCUT2D eigenvalue weighted by molar-refractivity contribution is -0.123. The molecular formula is C14H28N2O2. The number of carbonyl (C=O) groups is 1. The Kier molecular flexibility index (Phi) is 8.01. The Bertz CT molecular complexity index is 222. The van der Waals surface area contributed by atoms with E-state index in [1.807, 2.05) is 0 Å². The van der Waals surface area contributed by atoms with E-state index in [-0.39, 0.29) is 11.9 Å². The highest BCUT2D eigenvalue weighted by molar-refractivity contribution is 5.76. The van der Waals surface area contributed by atoms with Crippen LogP contribution < -0.4 is 11.1 Å². The Morgan fingerprint density at radius 2 is 2.28 bits per heavy atom. The summed E-state index contributed by atoms with van der Waals surface area (Å²) in [6.45, 7) is 4.42. The Balaban J connectivity index is 2.17. The van der Waals surface area contributed by atoms with Gasteiger partial charge in [-0.05, 0) is 38.1 Å². The molecule has 18 heavy (non-hydrogen) atoms. The molecule has 1 rings (SSSR count). The van der Waals surface area contributed by atoms with E-state index in [1.54, 1.807) is 0 Å². The number of nitrogens with one attached hydrogen (secondary N) is 1. The lowest BCUT2D eigenvalue weighted by Gasteiger charge is -2.23. The summed E-state index contributed by atoms with van der Waals surface area (Å²) >= 11 is 0. The fourth-order valence-electron chi connectivity index (χ4n) is 2.57. The molecule has 1 aliphatic heterocycles. The predicted octanol–water partition coefficient (Wildman–Crippen LogP) is 1.83. The molecule has 1 fully saturated rings. The smallest absolute Gasteiger partial charge is 0.220 e. The van der Waals surface area contributed by atoms with Gasteiger partial charge in [0.25, 0.3) is 0 Å². The highest BCUT2D eigenvalue weighted by atomic mass is 16.5. The average molecular weight is 256 g/mol. The van der Waals surface area contributed by atoms with Crippen molar-refractivity contribution in [1.29, 1.82) is 0 Å². The molecule has 2 unspecified atom stereocenters. The lowest BCUT2D eigenvalue weighted by Crippen LogP contribution is -2.40. The standard InChI is InChI=1S/C14H28N2O2/c1-2-4-12(8-9-15)6-7-14(17)16-13-5-3-10-18-11-13/h12-13H,2-11,15H2,1H3,(H,16,17). The summed E-state index contributed by atoms with van der Waals surface area (Å²) in [6.07, 6.45) is 7.07. The summed E-state index contributed by atoms with van der Waals surface area (Å²) in [5, 5.41) is 3.06. The molecule has 0 saturated carbocycles. The van der Waals surface area contributed by atoms with Crippen molar-refractivity contribution in [2.45, 2.75) is 57.9 Å². The monoisotopic (exact) mass is 256 g/mol. The first-order valence-corrected chi connectivity index (χ1v) is 7.33. The molecule has 4 nitrogen and oxygen atoms in total. The summed E-state index contributed by atoms with van der Waals surface area (Å²) in [6, 6.07) is 0.227. The topological polar surface area (TPSA) is 64.4 Å². The molecule has 0 radical (unpaired) electrons. The predicted molar refractivity (Wildman–Crippen MR) is 73.3 cm³/mol. The summed E-state index contributed by atoms with van der Waals surface area (Å²) in [7, 11) is 0. The second-order valence-electron chi connectivity index (χ2n) is 5.25. The Morgan fingerprint density at radius 3 is 2.89 bits per heavy atom. The molecule has 0 aromatic rings. The second kappa shape index (κ2) is 9.34. The molecule has 0 bridgehead atoms. The van der Waals surface area contributed by atoms with Crippen molar-refractivity contribution in [2.75, 3.05) is 19.8 Å². The third-order valence-electron chi connectivity index (χ3n) is 3.58. The highest BCUT2D eigenvalue weighted by Gasteiger charge is 2.17. The van der Waals surface area contributed by atoms with Crippen LogP contribution in [0.15, 0.2) is 0 Å². The van der Waals surface area contributed by atoms with E-state index in [0.717, 1.165) is 38.8 Å². The first-order chi connectivity index (χ1) is 8.76. The van der Waals surface area contributed by atoms with E-state index in [0.29, 0.717) is 18.9 Å². The first-order valence-electron chi connectivity index (χ1n) is 7.33. The summed E-state index contributed by atoms with van der Waals surface area (Å²) in [5.41, 5.74) is 5.60. The summed E-state index contributed by atoms with van der Waals surface area (Å²) in [5.74, 6) is 0.775. The van der Waals surface area contributed by atoms with Crippen LogP contribution in [0.5, 0.6) is 0 Å². The summed E-state index contributed by atoms with van der Waals surface area (Å²) < 4.78 is 5.35. The van der Waals surface area contributed by atoms with E-state index < -0.39 is 0 Å². The van der Waals surface area contributed by atoms with Crippen LogP contribution in [-0.4, -0.2) is 31.7 Å². The average Bonchev–Trinajstić information content (AvgIpc) is 2.38. The number of hydrogen-bond acceptors (Lipinski definition) is 3. The van der Waals surface area contributed by atoms with Gasteiger partial charge in [0.1, 0.15) is 0 Å². The number of ether oxygens (including phenoxy) is 1. The van der Waals surface area contributed by atoms with Crippen molar-refractivity contribution in [2.24, 2.45) is 11.7 Å². The molecule has 2 atom stereocenters. The maximum Gasteiger partial charge on any atom is 0.220 e. The van der Waals surface area contributed by atoms with Gasteiger partial charge in [-0.25, -0.2) is 0 Å². The van der Waals surface area contributed by atoms with Gasteiger partial charge in [-0.1, -0.05) is 19.8 Å². The van der Waals surface area contributed by atoms with E-state index >= 15 is 0 Å². The molecule has 4 heteroatoms. The van der Waals surface area contributed by atoms with Crippen LogP contribution in [0.2, 0.25) is 0 Å². The fraction of sp³-hybridized carbons (Fsp3) is 0.929. The van der Waals surface area contributed by atoms with Gasteiger partial charge in [-0.15, -0.1) is 0 Å². The minimum absolute atomic E-state index is 0.170. The minimum atomic E-state index is 0.170. The Labute approximate surface area is 111 Å². The van der Waals surface area contributed by atoms with Crippen LogP contribution in [0.4, 0.5) is 0 Å². The Morgan fingerprint density at radius 1 is 1.44 bits per heavy atom. The maximum absolute atomic E-state index is 11.8. The molecule has 1 amide bonds. The number of rotatable bonds is 8. The molecule has 1 aliphatic rings. The van der Waals surface area contributed by atoms with Crippen LogP contribution in [0, 0.1) is 5.92 Å². The van der Waals surface area contributed by atoms with Gasteiger partial charge in [0.05, 0.1) is 12.6 Å². The van der Waals surface area contributed by atoms with Crippen molar-refractivity contribution in [3.63, 3.8) is 0 Å². The second-order valence-corrected chi connectivity index (χ2v) is 5.25. The molecule has 0 aromatic carbocycles. The van der Waals surface area contributed by atoms with Gasteiger partial charge in [0.15, 0.2) is 0 Å². The van der Waals surface area contributed by atoms with Gasteiger partial charge in [-0.2, -0.15) is 0 Å². The molecule has 1 heterocycles. The van der Waals surface area contributed by atoms with Crippen LogP contribution >= 0.6 is 0 Å². The largest absolute Gasteiger partial charge is 0.379 e. The van der Waals surface area contributed by atoms with Crippen LogP contribution in [0.1, 0.15) is 51.9 Å². The van der Waals surface area contributed by atoms with E-state index in [4.69, 9.17) is 10.5 Å². The molecule has 0 aromatic heterocycles. The van der Waals surface area contributed by atoms with E-state index in [9.17, 15) is 4.79 Å². The Hall–Kier alpha value is -0.610. The molecule has 0 aliphatic carbocycles. The number of carbonyl (C=O) groups excluding carboxylic acids is 1. The zero-order chi connectivity index (χ0) is 13.2. The number of nitrogens with two attached hydrogens (primary N) is 1. The van der Waals surface area contributed by atoms with Gasteiger partial charge in [0, 0.05) is 13.0 Å². The molecule has 1 saturated heterocycles. The van der Waals surface area contributed by atoms with Crippen molar-refractivity contribution < 1.29 is 9.53 Å². The summed E-state index contributed by atoms with van der Waals surface area (Å²) in [4.78, 5) is 11.8. The number of amides is 1. The zero-order valence-electron chi connectivity index (χ0n) is 11.6. The van der Waals surface area contributed by atoms with Crippen molar-refractivity contribution >= 4 is 5.91 Å². The SMILES string of the molecule is CCCC(CCN)CCC(=O)NC1CCCOC1. The molecule has 0 spiro atoms. The van der Waals surface area contributed by atoms with Crippen molar-refractivity contribution in [3.05, 3.63) is 0 Å². The third-order valence-corrected chi connectivity index (χ3v) is 3.58. The van der Waals surface area contributed by atoms with Crippen molar-refractivity contribution in [1.82, 2.24) is 5.32 Å². The minimum Gasteiger partial charge on any atom is -0.379 e. The van der Waals surface area contributed by atoms with E-state index in [2.05, 4.69) is 12.2 Å². The molecular weight excluding hydrogens is 228 g/mol. The quantitative estimate of drug-likeness (QED) is 0.696. The van der Waals surface area contributed by atoms with Gasteiger partial charge >= 0.3 is 0 Å². The van der Waals surface area contributed by atoms with Crippen LogP contribution in [0.25, 0.3) is 0 Å². The molecule has 106 valence electrons. The van der Waals surface area contributed by atoms with Crippen LogP contribution in [0.3, 0.4) is 0 Å². The van der Waals surface area contributed by atoms with Gasteiger partial charge in [-0.3, -0.25) is 4.79 Å². The maximum atomic E-state index is 11.8. The van der Waals surface area contributed by atoms with Crippen LogP contribution in [-0.2, 0) is 9.53 Å². The normalized spacial score (nSPS) is 21.6. The lowest BCUT2D eigenvalue weighted by atomic mass is 9.94. The van der Waals surface area contributed by atoms with Crippen molar-refractivity contribution in [3.8, 4) is 0 Å². The third kappa shape index (κ3) is 6.36. The van der Waals surface area contributed by atoms with Gasteiger partial charge < -0.3 is 15.8 Å². The zero-order valence-corrected chi connectivity index (χ0v) is 11.6. The molecule has 3 N–H and O–H groups in total. The van der Waals surface area contributed by atoms with E-state index in [1.165, 1.54) is 12.8 Å². The highest BCUT2D eigenvalue weighted by Crippen LogP contribution is 2.17. The number of hydrogen-bond donors (Lipinski definition) is 2. The fourth-order valence-corrected chi connectivity index (χ4v) is 2.57. The van der Waals surface area contributed by atoms with Gasteiger partial charge in [0.2, 0.25) is 5.91 Å². The first kappa shape index (κ1) is 15.4.